The lowest BCUT2D eigenvalue weighted by Gasteiger charge is -2.19. The van der Waals surface area contributed by atoms with E-state index in [-0.39, 0.29) is 11.7 Å². The van der Waals surface area contributed by atoms with Gasteiger partial charge < -0.3 is 10.2 Å². The molecule has 5 rings (SSSR count). The quantitative estimate of drug-likeness (QED) is 0.417. The van der Waals surface area contributed by atoms with Crippen LogP contribution < -0.4 is 10.2 Å². The molecule has 0 saturated heterocycles. The predicted molar refractivity (Wildman–Crippen MR) is 123 cm³/mol. The topological polar surface area (TPSA) is 71.8 Å². The van der Waals surface area contributed by atoms with Gasteiger partial charge in [0.15, 0.2) is 0 Å². The van der Waals surface area contributed by atoms with Crippen molar-refractivity contribution in [3.05, 3.63) is 76.7 Å². The molecule has 32 heavy (non-hydrogen) atoms. The Morgan fingerprint density at radius 1 is 1.09 bits per heavy atom. The Hall–Kier alpha value is -3.52. The number of benzene rings is 2. The number of aryl methyl sites for hydroxylation is 2. The average Bonchev–Trinajstić information content (AvgIpc) is 3.32. The molecule has 0 bridgehead atoms. The standard InChI is InChI=1S/C23H21ClFN7/c1-13-10-17(6-9-19(13)32-12-26-15(3)30-32)27-23-28-21(24)20-14(2)11-31(22(20)29-23)18-7-4-16(25)5-8-18/h4-10,12,14H,11H2,1-3H3,(H,27,28,29). The highest BCUT2D eigenvalue weighted by molar-refractivity contribution is 6.30. The summed E-state index contributed by atoms with van der Waals surface area (Å²) < 4.78 is 15.2. The Labute approximate surface area is 189 Å². The summed E-state index contributed by atoms with van der Waals surface area (Å²) in [5.74, 6) is 1.73. The summed E-state index contributed by atoms with van der Waals surface area (Å²) in [4.78, 5) is 15.5. The van der Waals surface area contributed by atoms with Gasteiger partial charge in [0.05, 0.1) is 5.69 Å². The summed E-state index contributed by atoms with van der Waals surface area (Å²) in [6.07, 6.45) is 1.69. The molecule has 0 amide bonds. The molecule has 1 N–H and O–H groups in total. The van der Waals surface area contributed by atoms with Crippen LogP contribution >= 0.6 is 11.6 Å². The van der Waals surface area contributed by atoms with Gasteiger partial charge in [-0.15, -0.1) is 0 Å². The second-order valence-corrected chi connectivity index (χ2v) is 8.28. The van der Waals surface area contributed by atoms with Crippen molar-refractivity contribution < 1.29 is 4.39 Å². The second-order valence-electron chi connectivity index (χ2n) is 7.93. The minimum atomic E-state index is -0.274. The van der Waals surface area contributed by atoms with E-state index in [0.29, 0.717) is 23.5 Å². The maximum absolute atomic E-state index is 13.4. The van der Waals surface area contributed by atoms with E-state index in [9.17, 15) is 4.39 Å². The van der Waals surface area contributed by atoms with Crippen LogP contribution in [0.2, 0.25) is 5.15 Å². The Morgan fingerprint density at radius 2 is 1.88 bits per heavy atom. The Balaban J connectivity index is 1.47. The number of anilines is 4. The van der Waals surface area contributed by atoms with E-state index in [2.05, 4.69) is 27.3 Å². The third-order valence-electron chi connectivity index (χ3n) is 5.53. The highest BCUT2D eigenvalue weighted by atomic mass is 35.5. The summed E-state index contributed by atoms with van der Waals surface area (Å²) in [6, 6.07) is 12.3. The molecule has 1 unspecified atom stereocenters. The van der Waals surface area contributed by atoms with Crippen LogP contribution in [0.4, 0.5) is 27.5 Å². The van der Waals surface area contributed by atoms with Crippen LogP contribution in [-0.2, 0) is 0 Å². The first kappa shape index (κ1) is 20.4. The van der Waals surface area contributed by atoms with Crippen LogP contribution in [0, 0.1) is 19.7 Å². The molecule has 1 atom stereocenters. The zero-order valence-electron chi connectivity index (χ0n) is 17.8. The fourth-order valence-corrected chi connectivity index (χ4v) is 4.35. The van der Waals surface area contributed by atoms with E-state index in [0.717, 1.165) is 34.0 Å². The molecule has 1 aliphatic heterocycles. The number of halogens is 2. The lowest BCUT2D eigenvalue weighted by Crippen LogP contribution is -2.15. The monoisotopic (exact) mass is 449 g/mol. The van der Waals surface area contributed by atoms with E-state index < -0.39 is 0 Å². The molecule has 2 aromatic carbocycles. The van der Waals surface area contributed by atoms with Crippen molar-refractivity contribution in [2.45, 2.75) is 26.7 Å². The van der Waals surface area contributed by atoms with Gasteiger partial charge in [0.25, 0.3) is 0 Å². The average molecular weight is 450 g/mol. The summed E-state index contributed by atoms with van der Waals surface area (Å²) in [6.45, 7) is 6.64. The summed E-state index contributed by atoms with van der Waals surface area (Å²) in [5.41, 5.74) is 4.56. The third kappa shape index (κ3) is 3.67. The molecule has 0 radical (unpaired) electrons. The number of fused-ring (bicyclic) bond motifs is 1. The van der Waals surface area contributed by atoms with Gasteiger partial charge >= 0.3 is 0 Å². The fourth-order valence-electron chi connectivity index (χ4n) is 4.00. The van der Waals surface area contributed by atoms with Gasteiger partial charge in [-0.25, -0.2) is 19.0 Å². The largest absolute Gasteiger partial charge is 0.325 e. The molecule has 0 saturated carbocycles. The molecule has 0 aliphatic carbocycles. The molecule has 2 aromatic heterocycles. The van der Waals surface area contributed by atoms with Gasteiger partial charge in [-0.2, -0.15) is 10.1 Å². The van der Waals surface area contributed by atoms with Gasteiger partial charge in [-0.1, -0.05) is 18.5 Å². The van der Waals surface area contributed by atoms with Crippen LogP contribution in [0.5, 0.6) is 0 Å². The number of hydrogen-bond acceptors (Lipinski definition) is 6. The molecule has 7 nitrogen and oxygen atoms in total. The Bertz CT molecular complexity index is 1300. The number of nitrogens with zero attached hydrogens (tertiary/aromatic N) is 6. The smallest absolute Gasteiger partial charge is 0.230 e. The molecule has 3 heterocycles. The van der Waals surface area contributed by atoms with Crippen molar-refractivity contribution >= 4 is 34.7 Å². The number of hydrogen-bond donors (Lipinski definition) is 1. The maximum atomic E-state index is 13.4. The van der Waals surface area contributed by atoms with Gasteiger partial charge in [-0.3, -0.25) is 0 Å². The molecule has 4 aromatic rings. The van der Waals surface area contributed by atoms with Crippen molar-refractivity contribution in [2.24, 2.45) is 0 Å². The summed E-state index contributed by atoms with van der Waals surface area (Å²) >= 11 is 6.56. The summed E-state index contributed by atoms with van der Waals surface area (Å²) in [7, 11) is 0. The lowest BCUT2D eigenvalue weighted by molar-refractivity contribution is 0.627. The second kappa shape index (κ2) is 7.87. The van der Waals surface area contributed by atoms with E-state index in [4.69, 9.17) is 16.6 Å². The van der Waals surface area contributed by atoms with E-state index in [1.807, 2.05) is 36.9 Å². The van der Waals surface area contributed by atoms with Gasteiger partial charge in [-0.05, 0) is 61.9 Å². The molecule has 1 aliphatic rings. The van der Waals surface area contributed by atoms with Crippen LogP contribution in [-0.4, -0.2) is 31.3 Å². The van der Waals surface area contributed by atoms with Crippen molar-refractivity contribution in [1.82, 2.24) is 24.7 Å². The number of aromatic nitrogens is 5. The molecule has 162 valence electrons. The highest BCUT2D eigenvalue weighted by Gasteiger charge is 2.32. The zero-order chi connectivity index (χ0) is 22.4. The van der Waals surface area contributed by atoms with Gasteiger partial charge in [0, 0.05) is 29.4 Å². The zero-order valence-corrected chi connectivity index (χ0v) is 18.6. The molecule has 9 heteroatoms. The van der Waals surface area contributed by atoms with E-state index in [1.54, 1.807) is 23.1 Å². The normalized spacial score (nSPS) is 15.2. The minimum Gasteiger partial charge on any atom is -0.325 e. The van der Waals surface area contributed by atoms with Crippen LogP contribution in [0.1, 0.15) is 29.8 Å². The van der Waals surface area contributed by atoms with Crippen molar-refractivity contribution in [3.63, 3.8) is 0 Å². The number of rotatable bonds is 4. The van der Waals surface area contributed by atoms with Crippen molar-refractivity contribution in [1.29, 1.82) is 0 Å². The van der Waals surface area contributed by atoms with E-state index >= 15 is 0 Å². The van der Waals surface area contributed by atoms with Crippen LogP contribution in [0.3, 0.4) is 0 Å². The first-order valence-electron chi connectivity index (χ1n) is 10.3. The maximum Gasteiger partial charge on any atom is 0.230 e. The minimum absolute atomic E-state index is 0.157. The Kier molecular flexibility index (Phi) is 5.01. The lowest BCUT2D eigenvalue weighted by atomic mass is 10.1. The fraction of sp³-hybridized carbons (Fsp3) is 0.217. The van der Waals surface area contributed by atoms with Crippen LogP contribution in [0.25, 0.3) is 5.69 Å². The highest BCUT2D eigenvalue weighted by Crippen LogP contribution is 2.43. The predicted octanol–water partition coefficient (Wildman–Crippen LogP) is 5.47. The van der Waals surface area contributed by atoms with Gasteiger partial charge in [0.1, 0.15) is 28.9 Å². The van der Waals surface area contributed by atoms with Crippen molar-refractivity contribution in [2.75, 3.05) is 16.8 Å². The SMILES string of the molecule is Cc1ncn(-c2ccc(Nc3nc(Cl)c4c(n3)N(c3ccc(F)cc3)CC4C)cc2C)n1. The molecule has 0 fully saturated rings. The summed E-state index contributed by atoms with van der Waals surface area (Å²) in [5, 5.41) is 8.04. The molecular formula is C23H21ClFN7. The van der Waals surface area contributed by atoms with Crippen molar-refractivity contribution in [3.8, 4) is 5.69 Å². The molecule has 0 spiro atoms. The van der Waals surface area contributed by atoms with Gasteiger partial charge in [0.2, 0.25) is 5.95 Å². The first-order valence-corrected chi connectivity index (χ1v) is 10.6. The van der Waals surface area contributed by atoms with Crippen LogP contribution in [0.15, 0.2) is 48.8 Å². The first-order chi connectivity index (χ1) is 15.4. The molecular weight excluding hydrogens is 429 g/mol. The van der Waals surface area contributed by atoms with E-state index in [1.165, 1.54) is 12.1 Å². The number of nitrogens with one attached hydrogen (secondary N) is 1. The Morgan fingerprint density at radius 3 is 2.56 bits per heavy atom. The third-order valence-corrected chi connectivity index (χ3v) is 5.82.